The summed E-state index contributed by atoms with van der Waals surface area (Å²) in [6.07, 6.45) is 1.90. The van der Waals surface area contributed by atoms with Crippen molar-refractivity contribution in [3.63, 3.8) is 0 Å². The van der Waals surface area contributed by atoms with Gasteiger partial charge in [0.05, 0.1) is 26.7 Å². The Bertz CT molecular complexity index is 221. The van der Waals surface area contributed by atoms with Crippen molar-refractivity contribution in [1.82, 2.24) is 0 Å². The molecule has 0 bridgehead atoms. The lowest BCUT2D eigenvalue weighted by Gasteiger charge is -2.29. The summed E-state index contributed by atoms with van der Waals surface area (Å²) in [7, 11) is -2.08. The van der Waals surface area contributed by atoms with Crippen LogP contribution in [-0.2, 0) is 9.30 Å². The van der Waals surface area contributed by atoms with Gasteiger partial charge in [0.1, 0.15) is 12.9 Å². The lowest BCUT2D eigenvalue weighted by molar-refractivity contribution is -0.898. The Morgan fingerprint density at radius 1 is 1.50 bits per heavy atom. The number of likely N-dealkylation sites (N-methyl/N-ethyl adjacent to an activating group) is 1. The van der Waals surface area contributed by atoms with Gasteiger partial charge in [0.2, 0.25) is 0 Å². The molecule has 1 unspecified atom stereocenters. The van der Waals surface area contributed by atoms with E-state index in [-0.39, 0.29) is 0 Å². The van der Waals surface area contributed by atoms with Crippen molar-refractivity contribution in [2.75, 3.05) is 39.6 Å². The predicted octanol–water partition coefficient (Wildman–Crippen LogP) is -0.253. The van der Waals surface area contributed by atoms with Crippen LogP contribution in [0.4, 0.5) is 0 Å². The van der Waals surface area contributed by atoms with Crippen LogP contribution in [0.25, 0.3) is 0 Å². The fourth-order valence-electron chi connectivity index (χ4n) is 1.79. The Morgan fingerprint density at radius 3 is 2.57 bits per heavy atom. The third kappa shape index (κ3) is 4.53. The van der Waals surface area contributed by atoms with E-state index in [4.69, 9.17) is 9.63 Å². The second kappa shape index (κ2) is 4.73. The Balaban J connectivity index is 2.12. The Kier molecular flexibility index (Phi) is 4.10. The number of nitrogens with zero attached hydrogens (tertiary/aromatic N) is 1. The van der Waals surface area contributed by atoms with Crippen molar-refractivity contribution in [1.29, 1.82) is 0 Å². The summed E-state index contributed by atoms with van der Waals surface area (Å²) in [5.74, 6) is 0. The van der Waals surface area contributed by atoms with Crippen LogP contribution >= 0.6 is 7.60 Å². The molecule has 6 heteroatoms. The summed E-state index contributed by atoms with van der Waals surface area (Å²) in [6, 6.07) is 0. The van der Waals surface area contributed by atoms with Gasteiger partial charge in [-0.15, -0.1) is 0 Å². The molecule has 0 spiro atoms. The molecule has 0 radical (unpaired) electrons. The van der Waals surface area contributed by atoms with Gasteiger partial charge in [-0.2, -0.15) is 0 Å². The summed E-state index contributed by atoms with van der Waals surface area (Å²) in [6.45, 7) is 3.48. The second-order valence-electron chi connectivity index (χ2n) is 4.17. The third-order valence-electron chi connectivity index (χ3n) is 2.68. The van der Waals surface area contributed by atoms with E-state index in [1.807, 2.05) is 0 Å². The molecule has 5 nitrogen and oxygen atoms in total. The first-order valence-corrected chi connectivity index (χ1v) is 6.62. The molecule has 0 aromatic rings. The molecule has 84 valence electrons. The highest BCUT2D eigenvalue weighted by molar-refractivity contribution is 7.50. The van der Waals surface area contributed by atoms with Crippen LogP contribution in [0.1, 0.15) is 12.8 Å². The van der Waals surface area contributed by atoms with Gasteiger partial charge in [-0.3, -0.25) is 0 Å². The monoisotopic (exact) mass is 223 g/mol. The zero-order chi connectivity index (χ0) is 10.7. The Hall–Kier alpha value is 0.0700. The standard InChI is InChI=1S/C8H18NO4P/c1-9(4-2-3-5-9)6-7-13-8-14(10,11)12/h2-8H2,1H3,(H-,10,11,12). The third-order valence-corrected chi connectivity index (χ3v) is 3.18. The molecule has 14 heavy (non-hydrogen) atoms. The van der Waals surface area contributed by atoms with Gasteiger partial charge in [-0.05, 0) is 0 Å². The summed E-state index contributed by atoms with van der Waals surface area (Å²) in [4.78, 5) is 18.8. The molecule has 1 aliphatic heterocycles. The Morgan fingerprint density at radius 2 is 2.07 bits per heavy atom. The SMILES string of the molecule is C[N+]1(CCOCP(=O)([O-])O)CCCC1. The van der Waals surface area contributed by atoms with E-state index >= 15 is 0 Å². The molecule has 0 amide bonds. The van der Waals surface area contributed by atoms with Gasteiger partial charge in [0.25, 0.3) is 0 Å². The maximum Gasteiger partial charge on any atom is 0.158 e. The van der Waals surface area contributed by atoms with Crippen LogP contribution in [-0.4, -0.2) is 49.0 Å². The predicted molar refractivity (Wildman–Crippen MR) is 50.7 cm³/mol. The van der Waals surface area contributed by atoms with E-state index in [0.717, 1.165) is 24.1 Å². The molecule has 1 rings (SSSR count). The van der Waals surface area contributed by atoms with Crippen molar-refractivity contribution < 1.29 is 23.6 Å². The average molecular weight is 223 g/mol. The second-order valence-corrected chi connectivity index (χ2v) is 5.71. The largest absolute Gasteiger partial charge is 0.777 e. The van der Waals surface area contributed by atoms with E-state index in [9.17, 15) is 9.46 Å². The van der Waals surface area contributed by atoms with Gasteiger partial charge < -0.3 is 23.6 Å². The summed E-state index contributed by atoms with van der Waals surface area (Å²) in [5, 5.41) is 0. The number of quaternary nitrogens is 1. The van der Waals surface area contributed by atoms with Crippen molar-refractivity contribution >= 4 is 7.60 Å². The van der Waals surface area contributed by atoms with Gasteiger partial charge >= 0.3 is 0 Å². The highest BCUT2D eigenvalue weighted by Gasteiger charge is 2.26. The summed E-state index contributed by atoms with van der Waals surface area (Å²) < 4.78 is 16.2. The van der Waals surface area contributed by atoms with Crippen LogP contribution in [0.2, 0.25) is 0 Å². The highest BCUT2D eigenvalue weighted by atomic mass is 31.2. The number of hydrogen-bond donors (Lipinski definition) is 1. The van der Waals surface area contributed by atoms with Gasteiger partial charge in [-0.1, -0.05) is 0 Å². The Labute approximate surface area is 84.4 Å². The zero-order valence-corrected chi connectivity index (χ0v) is 9.41. The lowest BCUT2D eigenvalue weighted by Crippen LogP contribution is -2.43. The van der Waals surface area contributed by atoms with Gasteiger partial charge in [-0.25, -0.2) is 0 Å². The van der Waals surface area contributed by atoms with Crippen molar-refractivity contribution in [3.05, 3.63) is 0 Å². The minimum atomic E-state index is -4.23. The number of rotatable bonds is 5. The molecule has 1 heterocycles. The molecular weight excluding hydrogens is 205 g/mol. The summed E-state index contributed by atoms with van der Waals surface area (Å²) >= 11 is 0. The molecule has 1 aliphatic rings. The van der Waals surface area contributed by atoms with Crippen LogP contribution in [0, 0.1) is 0 Å². The molecule has 1 N–H and O–H groups in total. The maximum atomic E-state index is 10.4. The van der Waals surface area contributed by atoms with Gasteiger partial charge in [0, 0.05) is 12.8 Å². The quantitative estimate of drug-likeness (QED) is 0.396. The normalized spacial score (nSPS) is 24.8. The van der Waals surface area contributed by atoms with Crippen LogP contribution in [0.5, 0.6) is 0 Å². The molecular formula is C8H18NO4P. The van der Waals surface area contributed by atoms with E-state index in [1.54, 1.807) is 0 Å². The first kappa shape index (κ1) is 12.1. The first-order chi connectivity index (χ1) is 6.41. The molecule has 1 saturated heterocycles. The lowest BCUT2D eigenvalue weighted by atomic mass is 10.4. The zero-order valence-electron chi connectivity index (χ0n) is 8.52. The van der Waals surface area contributed by atoms with E-state index in [1.165, 1.54) is 12.8 Å². The minimum Gasteiger partial charge on any atom is -0.777 e. The number of hydrogen-bond acceptors (Lipinski definition) is 3. The van der Waals surface area contributed by atoms with Crippen LogP contribution < -0.4 is 4.89 Å². The average Bonchev–Trinajstić information content (AvgIpc) is 2.45. The van der Waals surface area contributed by atoms with Crippen molar-refractivity contribution in [2.24, 2.45) is 0 Å². The fraction of sp³-hybridized carbons (Fsp3) is 1.00. The van der Waals surface area contributed by atoms with E-state index in [0.29, 0.717) is 6.61 Å². The minimum absolute atomic E-state index is 0.392. The maximum absolute atomic E-state index is 10.4. The molecule has 1 atom stereocenters. The van der Waals surface area contributed by atoms with E-state index < -0.39 is 13.9 Å². The smallest absolute Gasteiger partial charge is 0.158 e. The van der Waals surface area contributed by atoms with Crippen LogP contribution in [0.15, 0.2) is 0 Å². The topological polar surface area (TPSA) is 69.6 Å². The van der Waals surface area contributed by atoms with E-state index in [2.05, 4.69) is 7.05 Å². The molecule has 0 aromatic heterocycles. The fourth-order valence-corrected chi connectivity index (χ4v) is 2.15. The van der Waals surface area contributed by atoms with Crippen molar-refractivity contribution in [3.8, 4) is 0 Å². The molecule has 0 saturated carbocycles. The molecule has 0 aliphatic carbocycles. The first-order valence-electron chi connectivity index (χ1n) is 4.85. The molecule has 0 aromatic carbocycles. The van der Waals surface area contributed by atoms with Gasteiger partial charge in [0.15, 0.2) is 7.60 Å². The van der Waals surface area contributed by atoms with Crippen LogP contribution in [0.3, 0.4) is 0 Å². The summed E-state index contributed by atoms with van der Waals surface area (Å²) in [5.41, 5.74) is 0. The van der Waals surface area contributed by atoms with Crippen molar-refractivity contribution in [2.45, 2.75) is 12.8 Å². The highest BCUT2D eigenvalue weighted by Crippen LogP contribution is 2.28. The molecule has 1 fully saturated rings. The number of ether oxygens (including phenoxy) is 1. The number of likely N-dealkylation sites (tertiary alicyclic amines) is 1.